The minimum absolute atomic E-state index is 0.00267. The van der Waals surface area contributed by atoms with Crippen LogP contribution in [0.4, 0.5) is 0 Å². The van der Waals surface area contributed by atoms with Crippen LogP contribution in [0.15, 0.2) is 61.4 Å². The molecule has 0 saturated heterocycles. The first-order chi connectivity index (χ1) is 17.5. The molecule has 2 N–H and O–H groups in total. The number of aryl methyl sites for hydroxylation is 1. The van der Waals surface area contributed by atoms with E-state index in [0.717, 1.165) is 53.5 Å². The molecule has 0 aliphatic heterocycles. The predicted molar refractivity (Wildman–Crippen MR) is 137 cm³/mol. The second-order valence-electron chi connectivity index (χ2n) is 9.59. The average molecular weight is 486 g/mol. The molecular formula is C27H31N7O2. The van der Waals surface area contributed by atoms with Gasteiger partial charge < -0.3 is 10.4 Å². The highest BCUT2D eigenvalue weighted by Crippen LogP contribution is 2.33. The van der Waals surface area contributed by atoms with Crippen molar-refractivity contribution in [3.8, 4) is 33.6 Å². The Bertz CT molecular complexity index is 1320. The van der Waals surface area contributed by atoms with Crippen LogP contribution in [0.1, 0.15) is 38.6 Å². The lowest BCUT2D eigenvalue weighted by molar-refractivity contribution is -0.127. The van der Waals surface area contributed by atoms with E-state index in [1.165, 1.54) is 0 Å². The highest BCUT2D eigenvalue weighted by molar-refractivity contribution is 5.79. The second kappa shape index (κ2) is 10.4. The van der Waals surface area contributed by atoms with Crippen LogP contribution < -0.4 is 5.32 Å². The number of nitrogens with zero attached hydrogens (tertiary/aromatic N) is 6. The third-order valence-electron chi connectivity index (χ3n) is 6.85. The summed E-state index contributed by atoms with van der Waals surface area (Å²) >= 11 is 0. The molecule has 1 aliphatic rings. The van der Waals surface area contributed by atoms with Crippen molar-refractivity contribution in [2.24, 2.45) is 13.0 Å². The molecule has 1 saturated carbocycles. The topological polar surface area (TPSA) is 111 Å². The maximum Gasteiger partial charge on any atom is 0.223 e. The van der Waals surface area contributed by atoms with Crippen LogP contribution >= 0.6 is 0 Å². The molecule has 5 rings (SSSR count). The predicted octanol–water partition coefficient (Wildman–Crippen LogP) is 3.64. The van der Waals surface area contributed by atoms with Crippen LogP contribution in [0.2, 0.25) is 0 Å². The van der Waals surface area contributed by atoms with E-state index in [4.69, 9.17) is 5.11 Å². The fourth-order valence-corrected chi connectivity index (χ4v) is 4.73. The van der Waals surface area contributed by atoms with E-state index in [9.17, 15) is 4.79 Å². The van der Waals surface area contributed by atoms with Crippen LogP contribution in [0, 0.1) is 5.92 Å². The van der Waals surface area contributed by atoms with Crippen LogP contribution in [0.25, 0.3) is 33.6 Å². The minimum Gasteiger partial charge on any atom is -0.394 e. The quantitative estimate of drug-likeness (QED) is 0.414. The maximum atomic E-state index is 12.4. The number of nitrogens with one attached hydrogen (secondary N) is 1. The number of aliphatic hydroxyl groups excluding tert-OH is 1. The van der Waals surface area contributed by atoms with Crippen molar-refractivity contribution in [1.29, 1.82) is 0 Å². The van der Waals surface area contributed by atoms with Gasteiger partial charge in [0.05, 0.1) is 25.0 Å². The number of hydrogen-bond donors (Lipinski definition) is 2. The van der Waals surface area contributed by atoms with Crippen molar-refractivity contribution in [2.45, 2.75) is 44.7 Å². The summed E-state index contributed by atoms with van der Waals surface area (Å²) in [4.78, 5) is 21.6. The van der Waals surface area contributed by atoms with Crippen LogP contribution in [-0.4, -0.2) is 53.2 Å². The van der Waals surface area contributed by atoms with E-state index >= 15 is 0 Å². The number of hydrogen-bond acceptors (Lipinski definition) is 6. The number of benzene rings is 1. The Hall–Kier alpha value is -3.85. The SMILES string of the molecule is C[C@@H](CO)NC(=O)[C@H]1CC[C@H](n2cc(-c3cnc(-c4cccc(-c5cnn(C)c5)c4)nc3)cn2)CC1. The molecule has 3 heterocycles. The Morgan fingerprint density at radius 2 is 1.67 bits per heavy atom. The summed E-state index contributed by atoms with van der Waals surface area (Å²) in [6.45, 7) is 1.77. The Morgan fingerprint density at radius 1 is 0.972 bits per heavy atom. The second-order valence-corrected chi connectivity index (χ2v) is 9.59. The van der Waals surface area contributed by atoms with Gasteiger partial charge in [0.15, 0.2) is 5.82 Å². The number of aromatic nitrogens is 6. The molecule has 1 amide bonds. The third-order valence-corrected chi connectivity index (χ3v) is 6.85. The molecule has 9 nitrogen and oxygen atoms in total. The van der Waals surface area contributed by atoms with E-state index in [1.807, 2.05) is 68.0 Å². The number of carbonyl (C=O) groups is 1. The minimum atomic E-state index is -0.206. The molecule has 0 bridgehead atoms. The number of aliphatic hydroxyl groups is 1. The van der Waals surface area contributed by atoms with E-state index in [-0.39, 0.29) is 30.5 Å². The molecule has 1 aromatic carbocycles. The Morgan fingerprint density at radius 3 is 2.36 bits per heavy atom. The lowest BCUT2D eigenvalue weighted by atomic mass is 9.85. The molecule has 0 spiro atoms. The Balaban J connectivity index is 1.23. The lowest BCUT2D eigenvalue weighted by Crippen LogP contribution is -2.40. The molecule has 1 fully saturated rings. The van der Waals surface area contributed by atoms with Gasteiger partial charge in [-0.05, 0) is 44.2 Å². The van der Waals surface area contributed by atoms with E-state index < -0.39 is 0 Å². The Kier molecular flexibility index (Phi) is 6.90. The Labute approximate surface area is 210 Å². The molecule has 186 valence electrons. The van der Waals surface area contributed by atoms with Crippen molar-refractivity contribution < 1.29 is 9.90 Å². The normalized spacial score (nSPS) is 18.6. The van der Waals surface area contributed by atoms with Crippen LogP contribution in [0.5, 0.6) is 0 Å². The van der Waals surface area contributed by atoms with Gasteiger partial charge in [-0.25, -0.2) is 9.97 Å². The highest BCUT2D eigenvalue weighted by atomic mass is 16.3. The summed E-state index contributed by atoms with van der Waals surface area (Å²) in [5, 5.41) is 20.9. The van der Waals surface area contributed by atoms with E-state index in [2.05, 4.69) is 37.6 Å². The molecule has 9 heteroatoms. The first-order valence-electron chi connectivity index (χ1n) is 12.4. The molecule has 3 aromatic heterocycles. The zero-order valence-corrected chi connectivity index (χ0v) is 20.6. The zero-order valence-electron chi connectivity index (χ0n) is 20.6. The molecule has 36 heavy (non-hydrogen) atoms. The van der Waals surface area contributed by atoms with E-state index in [0.29, 0.717) is 5.82 Å². The molecule has 0 unspecified atom stereocenters. The number of carbonyl (C=O) groups excluding carboxylic acids is 1. The summed E-state index contributed by atoms with van der Waals surface area (Å²) in [6.07, 6.45) is 14.8. The van der Waals surface area contributed by atoms with E-state index in [1.54, 1.807) is 4.68 Å². The maximum absolute atomic E-state index is 12.4. The van der Waals surface area contributed by atoms with Crippen molar-refractivity contribution in [3.63, 3.8) is 0 Å². The largest absolute Gasteiger partial charge is 0.394 e. The lowest BCUT2D eigenvalue weighted by Gasteiger charge is -2.28. The first-order valence-corrected chi connectivity index (χ1v) is 12.4. The monoisotopic (exact) mass is 485 g/mol. The average Bonchev–Trinajstić information content (AvgIpc) is 3.59. The molecular weight excluding hydrogens is 454 g/mol. The zero-order chi connectivity index (χ0) is 25.1. The summed E-state index contributed by atoms with van der Waals surface area (Å²) in [5.41, 5.74) is 4.97. The summed E-state index contributed by atoms with van der Waals surface area (Å²) < 4.78 is 3.79. The van der Waals surface area contributed by atoms with Gasteiger partial charge in [0.1, 0.15) is 0 Å². The van der Waals surface area contributed by atoms with Crippen molar-refractivity contribution >= 4 is 5.91 Å². The summed E-state index contributed by atoms with van der Waals surface area (Å²) in [6, 6.07) is 8.21. The van der Waals surface area contributed by atoms with Crippen LogP contribution in [-0.2, 0) is 11.8 Å². The fourth-order valence-electron chi connectivity index (χ4n) is 4.73. The summed E-state index contributed by atoms with van der Waals surface area (Å²) in [7, 11) is 1.90. The van der Waals surface area contributed by atoms with Gasteiger partial charge in [-0.3, -0.25) is 14.2 Å². The van der Waals surface area contributed by atoms with Gasteiger partial charge >= 0.3 is 0 Å². The molecule has 0 radical (unpaired) electrons. The van der Waals surface area contributed by atoms with Gasteiger partial charge in [-0.15, -0.1) is 0 Å². The van der Waals surface area contributed by atoms with Gasteiger partial charge in [-0.1, -0.05) is 18.2 Å². The number of amides is 1. The number of rotatable bonds is 7. The molecule has 1 atom stereocenters. The van der Waals surface area contributed by atoms with Crippen molar-refractivity contribution in [3.05, 3.63) is 61.4 Å². The van der Waals surface area contributed by atoms with Gasteiger partial charge in [-0.2, -0.15) is 10.2 Å². The van der Waals surface area contributed by atoms with Crippen molar-refractivity contribution in [2.75, 3.05) is 6.61 Å². The molecule has 4 aromatic rings. The van der Waals surface area contributed by atoms with Crippen LogP contribution in [0.3, 0.4) is 0 Å². The van der Waals surface area contributed by atoms with Gasteiger partial charge in [0.25, 0.3) is 0 Å². The highest BCUT2D eigenvalue weighted by Gasteiger charge is 2.28. The van der Waals surface area contributed by atoms with Crippen molar-refractivity contribution in [1.82, 2.24) is 34.8 Å². The fraction of sp³-hybridized carbons (Fsp3) is 0.370. The molecule has 1 aliphatic carbocycles. The van der Waals surface area contributed by atoms with Gasteiger partial charge in [0.2, 0.25) is 5.91 Å². The van der Waals surface area contributed by atoms with Gasteiger partial charge in [0, 0.05) is 66.0 Å². The first kappa shape index (κ1) is 23.9. The third kappa shape index (κ3) is 5.21. The smallest absolute Gasteiger partial charge is 0.223 e. The standard InChI is InChI=1S/C27H31N7O2/c1-18(17-35)32-27(36)19-6-8-25(9-7-19)34-16-24(14-31-34)22-11-28-26(29-12-22)21-5-3-4-20(10-21)23-13-30-33(2)15-23/h3-5,10-16,18-19,25,35H,6-9,17H2,1-2H3,(H,32,36)/t18-,19-,25-/m0/s1. The summed E-state index contributed by atoms with van der Waals surface area (Å²) in [5.74, 6) is 0.714.